The molecule has 1 N–H and O–H groups in total. The second-order valence-electron chi connectivity index (χ2n) is 5.56. The van der Waals surface area contributed by atoms with Gasteiger partial charge < -0.3 is 10.0 Å². The molecule has 20 heavy (non-hydrogen) atoms. The van der Waals surface area contributed by atoms with Gasteiger partial charge in [0.1, 0.15) is 0 Å². The van der Waals surface area contributed by atoms with Crippen LogP contribution in [0.5, 0.6) is 0 Å². The third-order valence-corrected chi connectivity index (χ3v) is 3.77. The Morgan fingerprint density at radius 1 is 1.30 bits per heavy atom. The smallest absolute Gasteiger partial charge is 0.303 e. The molecule has 0 unspecified atom stereocenters. The van der Waals surface area contributed by atoms with E-state index in [1.807, 2.05) is 35.2 Å². The highest BCUT2D eigenvalue weighted by Gasteiger charge is 2.41. The lowest BCUT2D eigenvalue weighted by Crippen LogP contribution is -2.33. The molecule has 4 nitrogen and oxygen atoms in total. The van der Waals surface area contributed by atoms with Crippen molar-refractivity contribution in [2.45, 2.75) is 32.7 Å². The van der Waals surface area contributed by atoms with E-state index >= 15 is 0 Å². The van der Waals surface area contributed by atoms with Crippen LogP contribution in [0.1, 0.15) is 31.7 Å². The molecule has 0 bridgehead atoms. The molecule has 4 heteroatoms. The summed E-state index contributed by atoms with van der Waals surface area (Å²) in [5, 5.41) is 8.71. The van der Waals surface area contributed by atoms with Gasteiger partial charge in [-0.1, -0.05) is 37.3 Å². The van der Waals surface area contributed by atoms with Crippen LogP contribution in [0.3, 0.4) is 0 Å². The quantitative estimate of drug-likeness (QED) is 0.832. The molecular formula is C16H21NO3. The molecule has 1 fully saturated rings. The Morgan fingerprint density at radius 3 is 2.50 bits per heavy atom. The van der Waals surface area contributed by atoms with Crippen LogP contribution in [-0.2, 0) is 16.1 Å². The van der Waals surface area contributed by atoms with Gasteiger partial charge in [0.25, 0.3) is 0 Å². The van der Waals surface area contributed by atoms with Gasteiger partial charge in [-0.05, 0) is 24.3 Å². The number of rotatable bonds is 7. The molecule has 1 amide bonds. The Labute approximate surface area is 119 Å². The number of aliphatic carboxylic acids is 1. The summed E-state index contributed by atoms with van der Waals surface area (Å²) in [7, 11) is 0. The van der Waals surface area contributed by atoms with E-state index in [9.17, 15) is 9.59 Å². The average Bonchev–Trinajstić information content (AvgIpc) is 3.15. The van der Waals surface area contributed by atoms with Gasteiger partial charge in [-0.2, -0.15) is 0 Å². The van der Waals surface area contributed by atoms with Gasteiger partial charge in [0.15, 0.2) is 0 Å². The maximum Gasteiger partial charge on any atom is 0.303 e. The molecule has 0 saturated heterocycles. The highest BCUT2D eigenvalue weighted by molar-refractivity contribution is 5.81. The standard InChI is InChI=1S/C16H21NO3/c1-12-10-14(12)16(20)17(9-5-8-15(18)19)11-13-6-3-2-4-7-13/h2-4,6-7,12,14H,5,8-11H2,1H3,(H,18,19)/t12-,14-/m1/s1. The summed E-state index contributed by atoms with van der Waals surface area (Å²) in [6, 6.07) is 9.84. The third kappa shape index (κ3) is 4.08. The van der Waals surface area contributed by atoms with E-state index in [2.05, 4.69) is 6.92 Å². The number of hydrogen-bond acceptors (Lipinski definition) is 2. The molecule has 0 radical (unpaired) electrons. The van der Waals surface area contributed by atoms with Gasteiger partial charge in [0, 0.05) is 25.4 Å². The van der Waals surface area contributed by atoms with Crippen LogP contribution in [-0.4, -0.2) is 28.4 Å². The third-order valence-electron chi connectivity index (χ3n) is 3.77. The fraction of sp³-hybridized carbons (Fsp3) is 0.500. The van der Waals surface area contributed by atoms with Gasteiger partial charge in [0.05, 0.1) is 0 Å². The minimum Gasteiger partial charge on any atom is -0.481 e. The fourth-order valence-electron chi connectivity index (χ4n) is 2.39. The van der Waals surface area contributed by atoms with Crippen LogP contribution in [0, 0.1) is 11.8 Å². The molecule has 1 aliphatic rings. The van der Waals surface area contributed by atoms with Gasteiger partial charge >= 0.3 is 5.97 Å². The molecule has 108 valence electrons. The molecule has 0 heterocycles. The number of carboxylic acid groups (broad SMARTS) is 1. The molecule has 2 rings (SSSR count). The summed E-state index contributed by atoms with van der Waals surface area (Å²) < 4.78 is 0. The molecular weight excluding hydrogens is 254 g/mol. The Balaban J connectivity index is 1.96. The number of carbonyl (C=O) groups is 2. The van der Waals surface area contributed by atoms with Crippen molar-refractivity contribution in [3.8, 4) is 0 Å². The predicted octanol–water partition coefficient (Wildman–Crippen LogP) is 2.54. The summed E-state index contributed by atoms with van der Waals surface area (Å²) in [4.78, 5) is 24.8. The molecule has 0 aliphatic heterocycles. The number of nitrogens with zero attached hydrogens (tertiary/aromatic N) is 1. The summed E-state index contributed by atoms with van der Waals surface area (Å²) in [6.45, 7) is 3.17. The highest BCUT2D eigenvalue weighted by Crippen LogP contribution is 2.39. The summed E-state index contributed by atoms with van der Waals surface area (Å²) in [6.07, 6.45) is 1.58. The predicted molar refractivity (Wildman–Crippen MR) is 76.0 cm³/mol. The fourth-order valence-corrected chi connectivity index (χ4v) is 2.39. The largest absolute Gasteiger partial charge is 0.481 e. The SMILES string of the molecule is C[C@@H]1C[C@H]1C(=O)N(CCCC(=O)O)Cc1ccccc1. The minimum atomic E-state index is -0.808. The normalized spacial score (nSPS) is 20.4. The monoisotopic (exact) mass is 275 g/mol. The molecule has 0 spiro atoms. The van der Waals surface area contributed by atoms with Crippen LogP contribution < -0.4 is 0 Å². The van der Waals surface area contributed by atoms with E-state index in [0.29, 0.717) is 25.4 Å². The Hall–Kier alpha value is -1.84. The van der Waals surface area contributed by atoms with Crippen molar-refractivity contribution in [2.24, 2.45) is 11.8 Å². The lowest BCUT2D eigenvalue weighted by molar-refractivity contribution is -0.138. The van der Waals surface area contributed by atoms with Crippen molar-refractivity contribution in [3.63, 3.8) is 0 Å². The van der Waals surface area contributed by atoms with Crippen molar-refractivity contribution >= 4 is 11.9 Å². The zero-order valence-electron chi connectivity index (χ0n) is 11.8. The second-order valence-corrected chi connectivity index (χ2v) is 5.56. The zero-order chi connectivity index (χ0) is 14.5. The van der Waals surface area contributed by atoms with Crippen molar-refractivity contribution in [3.05, 3.63) is 35.9 Å². The summed E-state index contributed by atoms with van der Waals surface area (Å²) in [5.41, 5.74) is 1.09. The first kappa shape index (κ1) is 14.6. The van der Waals surface area contributed by atoms with E-state index < -0.39 is 5.97 Å². The first-order valence-electron chi connectivity index (χ1n) is 7.12. The summed E-state index contributed by atoms with van der Waals surface area (Å²) in [5.74, 6) is -0.0209. The lowest BCUT2D eigenvalue weighted by Gasteiger charge is -2.23. The first-order valence-corrected chi connectivity index (χ1v) is 7.12. The Bertz CT molecular complexity index is 472. The average molecular weight is 275 g/mol. The van der Waals surface area contributed by atoms with Crippen molar-refractivity contribution in [1.82, 2.24) is 4.90 Å². The van der Waals surface area contributed by atoms with E-state index in [4.69, 9.17) is 5.11 Å². The number of carbonyl (C=O) groups excluding carboxylic acids is 1. The Morgan fingerprint density at radius 2 is 1.95 bits per heavy atom. The molecule has 1 aromatic carbocycles. The van der Waals surface area contributed by atoms with Crippen molar-refractivity contribution in [2.75, 3.05) is 6.54 Å². The van der Waals surface area contributed by atoms with Crippen molar-refractivity contribution in [1.29, 1.82) is 0 Å². The number of amides is 1. The summed E-state index contributed by atoms with van der Waals surface area (Å²) >= 11 is 0. The molecule has 1 aromatic rings. The van der Waals surface area contributed by atoms with E-state index in [0.717, 1.165) is 12.0 Å². The second kappa shape index (κ2) is 6.55. The topological polar surface area (TPSA) is 57.6 Å². The molecule has 1 aliphatic carbocycles. The van der Waals surface area contributed by atoms with Crippen LogP contribution in [0.25, 0.3) is 0 Å². The van der Waals surface area contributed by atoms with Crippen LogP contribution in [0.4, 0.5) is 0 Å². The highest BCUT2D eigenvalue weighted by atomic mass is 16.4. The maximum absolute atomic E-state index is 12.4. The molecule has 1 saturated carbocycles. The van der Waals surface area contributed by atoms with Crippen molar-refractivity contribution < 1.29 is 14.7 Å². The lowest BCUT2D eigenvalue weighted by atomic mass is 10.2. The van der Waals surface area contributed by atoms with E-state index in [1.165, 1.54) is 0 Å². The van der Waals surface area contributed by atoms with E-state index in [1.54, 1.807) is 0 Å². The number of carboxylic acids is 1. The van der Waals surface area contributed by atoms with Gasteiger partial charge in [-0.25, -0.2) is 0 Å². The van der Waals surface area contributed by atoms with Crippen LogP contribution in [0.15, 0.2) is 30.3 Å². The Kier molecular flexibility index (Phi) is 4.77. The van der Waals surface area contributed by atoms with Crippen LogP contribution in [0.2, 0.25) is 0 Å². The molecule has 0 aromatic heterocycles. The minimum absolute atomic E-state index is 0.110. The number of benzene rings is 1. The first-order chi connectivity index (χ1) is 9.58. The van der Waals surface area contributed by atoms with Gasteiger partial charge in [-0.3, -0.25) is 9.59 Å². The van der Waals surface area contributed by atoms with Gasteiger partial charge in [-0.15, -0.1) is 0 Å². The molecule has 2 atom stereocenters. The van der Waals surface area contributed by atoms with Crippen LogP contribution >= 0.6 is 0 Å². The van der Waals surface area contributed by atoms with E-state index in [-0.39, 0.29) is 18.2 Å². The maximum atomic E-state index is 12.4. The van der Waals surface area contributed by atoms with Gasteiger partial charge in [0.2, 0.25) is 5.91 Å². The zero-order valence-corrected chi connectivity index (χ0v) is 11.8. The number of hydrogen-bond donors (Lipinski definition) is 1.